The van der Waals surface area contributed by atoms with Crippen molar-refractivity contribution in [3.8, 4) is 0 Å². The topological polar surface area (TPSA) is 66.5 Å². The van der Waals surface area contributed by atoms with Gasteiger partial charge in [0, 0.05) is 16.7 Å². The van der Waals surface area contributed by atoms with Crippen molar-refractivity contribution in [1.29, 1.82) is 0 Å². The molecule has 0 radical (unpaired) electrons. The molecule has 1 aromatic rings. The molecule has 2 rings (SSSR count). The number of nitrogens with one attached hydrogen (secondary N) is 1. The van der Waals surface area contributed by atoms with Crippen molar-refractivity contribution in [3.05, 3.63) is 27.6 Å². The van der Waals surface area contributed by atoms with E-state index in [-0.39, 0.29) is 29.8 Å². The highest BCUT2D eigenvalue weighted by molar-refractivity contribution is 14.1. The largest absolute Gasteiger partial charge is 0.324 e. The van der Waals surface area contributed by atoms with Gasteiger partial charge in [-0.05, 0) is 40.8 Å². The number of halogens is 2. The molecule has 1 aliphatic rings. The Bertz CT molecular complexity index is 607. The van der Waals surface area contributed by atoms with Crippen LogP contribution in [0.5, 0.6) is 0 Å². The van der Waals surface area contributed by atoms with Crippen LogP contribution in [0, 0.1) is 9.39 Å². The van der Waals surface area contributed by atoms with Crippen molar-refractivity contribution < 1.29 is 17.6 Å². The van der Waals surface area contributed by atoms with Crippen molar-refractivity contribution in [2.24, 2.45) is 0 Å². The molecule has 1 aliphatic heterocycles. The second-order valence-corrected chi connectivity index (χ2v) is 8.07. The van der Waals surface area contributed by atoms with Gasteiger partial charge in [-0.2, -0.15) is 0 Å². The maximum atomic E-state index is 12.9. The third kappa shape index (κ3) is 4.38. The lowest BCUT2D eigenvalue weighted by Gasteiger charge is -2.25. The van der Waals surface area contributed by atoms with Gasteiger partial charge in [0.1, 0.15) is 5.82 Å². The maximum absolute atomic E-state index is 12.9. The normalized spacial score (nSPS) is 18.7. The molecule has 110 valence electrons. The van der Waals surface area contributed by atoms with Crippen molar-refractivity contribution in [2.45, 2.75) is 0 Å². The first kappa shape index (κ1) is 15.6. The summed E-state index contributed by atoms with van der Waals surface area (Å²) in [5, 5.41) is 2.70. The van der Waals surface area contributed by atoms with E-state index in [2.05, 4.69) is 5.32 Å². The van der Waals surface area contributed by atoms with Crippen LogP contribution in [0.2, 0.25) is 0 Å². The van der Waals surface area contributed by atoms with Crippen molar-refractivity contribution in [3.63, 3.8) is 0 Å². The second-order valence-electron chi connectivity index (χ2n) is 4.60. The first-order valence-corrected chi connectivity index (χ1v) is 8.93. The molecule has 1 saturated heterocycles. The van der Waals surface area contributed by atoms with Gasteiger partial charge in [0.2, 0.25) is 5.91 Å². The zero-order chi connectivity index (χ0) is 14.8. The van der Waals surface area contributed by atoms with Gasteiger partial charge in [0.25, 0.3) is 0 Å². The van der Waals surface area contributed by atoms with Gasteiger partial charge >= 0.3 is 0 Å². The van der Waals surface area contributed by atoms with Crippen LogP contribution in [0.4, 0.5) is 10.1 Å². The number of amides is 1. The SMILES string of the molecule is O=C(CN1CCS(=O)(=O)CC1)Nc1ccc(F)cc1I. The number of carbonyl (C=O) groups is 1. The van der Waals surface area contributed by atoms with Crippen LogP contribution >= 0.6 is 22.6 Å². The summed E-state index contributed by atoms with van der Waals surface area (Å²) in [4.78, 5) is 13.7. The number of sulfone groups is 1. The maximum Gasteiger partial charge on any atom is 0.238 e. The number of benzene rings is 1. The van der Waals surface area contributed by atoms with Gasteiger partial charge in [-0.15, -0.1) is 0 Å². The average Bonchev–Trinajstić information content (AvgIpc) is 2.35. The summed E-state index contributed by atoms with van der Waals surface area (Å²) in [6.07, 6.45) is 0. The Morgan fingerprint density at radius 2 is 2.00 bits per heavy atom. The summed E-state index contributed by atoms with van der Waals surface area (Å²) >= 11 is 1.95. The molecule has 0 aromatic heterocycles. The van der Waals surface area contributed by atoms with Crippen LogP contribution in [0.15, 0.2) is 18.2 Å². The molecule has 20 heavy (non-hydrogen) atoms. The predicted molar refractivity (Wildman–Crippen MR) is 82.8 cm³/mol. The fraction of sp³-hybridized carbons (Fsp3) is 0.417. The van der Waals surface area contributed by atoms with Crippen LogP contribution in [0.3, 0.4) is 0 Å². The second kappa shape index (κ2) is 6.35. The molecule has 1 fully saturated rings. The minimum atomic E-state index is -2.94. The average molecular weight is 412 g/mol. The van der Waals surface area contributed by atoms with E-state index < -0.39 is 9.84 Å². The highest BCUT2D eigenvalue weighted by Crippen LogP contribution is 2.19. The lowest BCUT2D eigenvalue weighted by atomic mass is 10.3. The number of carbonyl (C=O) groups excluding carboxylic acids is 1. The monoisotopic (exact) mass is 412 g/mol. The molecule has 0 saturated carbocycles. The van der Waals surface area contributed by atoms with Crippen LogP contribution in [0.1, 0.15) is 0 Å². The minimum Gasteiger partial charge on any atom is -0.324 e. The first-order valence-electron chi connectivity index (χ1n) is 6.03. The first-order chi connectivity index (χ1) is 9.35. The molecule has 0 spiro atoms. The van der Waals surface area contributed by atoms with E-state index in [1.54, 1.807) is 4.90 Å². The highest BCUT2D eigenvalue weighted by Gasteiger charge is 2.23. The van der Waals surface area contributed by atoms with E-state index in [1.165, 1.54) is 18.2 Å². The fourth-order valence-electron chi connectivity index (χ4n) is 1.89. The molecule has 0 atom stereocenters. The van der Waals surface area contributed by atoms with E-state index >= 15 is 0 Å². The summed E-state index contributed by atoms with van der Waals surface area (Å²) in [7, 11) is -2.94. The molecule has 0 unspecified atom stereocenters. The standard InChI is InChI=1S/C12H14FIN2O3S/c13-9-1-2-11(10(14)7-9)15-12(17)8-16-3-5-20(18,19)6-4-16/h1-2,7H,3-6,8H2,(H,15,17). The van der Waals surface area contributed by atoms with Gasteiger partial charge in [-0.1, -0.05) is 0 Å². The lowest BCUT2D eigenvalue weighted by molar-refractivity contribution is -0.117. The number of hydrogen-bond donors (Lipinski definition) is 1. The predicted octanol–water partition coefficient (Wildman–Crippen LogP) is 1.10. The minimum absolute atomic E-state index is 0.0916. The van der Waals surface area contributed by atoms with Gasteiger partial charge in [-0.3, -0.25) is 9.69 Å². The molecule has 1 aromatic carbocycles. The quantitative estimate of drug-likeness (QED) is 0.756. The summed E-state index contributed by atoms with van der Waals surface area (Å²) in [5.41, 5.74) is 0.557. The third-order valence-corrected chi connectivity index (χ3v) is 5.51. The summed E-state index contributed by atoms with van der Waals surface area (Å²) in [6, 6.07) is 4.13. The Hall–Kier alpha value is -0.740. The Morgan fingerprint density at radius 1 is 1.35 bits per heavy atom. The zero-order valence-corrected chi connectivity index (χ0v) is 13.6. The molecule has 0 aliphatic carbocycles. The van der Waals surface area contributed by atoms with Gasteiger partial charge in [0.15, 0.2) is 9.84 Å². The van der Waals surface area contributed by atoms with Crippen LogP contribution in [-0.2, 0) is 14.6 Å². The van der Waals surface area contributed by atoms with E-state index in [0.717, 1.165) is 0 Å². The third-order valence-electron chi connectivity index (χ3n) is 3.01. The Balaban J connectivity index is 1.90. The molecular weight excluding hydrogens is 398 g/mol. The summed E-state index contributed by atoms with van der Waals surface area (Å²) in [6.45, 7) is 0.884. The molecule has 1 N–H and O–H groups in total. The zero-order valence-electron chi connectivity index (χ0n) is 10.6. The van der Waals surface area contributed by atoms with E-state index in [1.807, 2.05) is 22.6 Å². The number of rotatable bonds is 3. The van der Waals surface area contributed by atoms with Gasteiger partial charge in [0.05, 0.1) is 23.7 Å². The Morgan fingerprint density at radius 3 is 2.60 bits per heavy atom. The molecular formula is C12H14FIN2O3S. The smallest absolute Gasteiger partial charge is 0.238 e. The number of nitrogens with zero attached hydrogens (tertiary/aromatic N) is 1. The highest BCUT2D eigenvalue weighted by atomic mass is 127. The molecule has 0 bridgehead atoms. The molecule has 5 nitrogen and oxygen atoms in total. The van der Waals surface area contributed by atoms with E-state index in [9.17, 15) is 17.6 Å². The molecule has 8 heteroatoms. The lowest BCUT2D eigenvalue weighted by Crippen LogP contribution is -2.43. The Labute approximate surface area is 130 Å². The van der Waals surface area contributed by atoms with Crippen molar-refractivity contribution in [2.75, 3.05) is 36.5 Å². The van der Waals surface area contributed by atoms with Crippen LogP contribution in [-0.4, -0.2) is 50.4 Å². The van der Waals surface area contributed by atoms with E-state index in [0.29, 0.717) is 22.3 Å². The molecule has 1 amide bonds. The fourth-order valence-corrected chi connectivity index (χ4v) is 3.78. The van der Waals surface area contributed by atoms with Crippen LogP contribution < -0.4 is 5.32 Å². The van der Waals surface area contributed by atoms with Crippen molar-refractivity contribution >= 4 is 44.0 Å². The van der Waals surface area contributed by atoms with Crippen molar-refractivity contribution in [1.82, 2.24) is 4.90 Å². The summed E-state index contributed by atoms with van der Waals surface area (Å²) < 4.78 is 36.1. The molecule has 1 heterocycles. The van der Waals surface area contributed by atoms with Crippen LogP contribution in [0.25, 0.3) is 0 Å². The number of hydrogen-bond acceptors (Lipinski definition) is 4. The van der Waals surface area contributed by atoms with Gasteiger partial charge < -0.3 is 5.32 Å². The van der Waals surface area contributed by atoms with Gasteiger partial charge in [-0.25, -0.2) is 12.8 Å². The summed E-state index contributed by atoms with van der Waals surface area (Å²) in [5.74, 6) is -0.398. The van der Waals surface area contributed by atoms with E-state index in [4.69, 9.17) is 0 Å². The number of anilines is 1. The Kier molecular flexibility index (Phi) is 4.97.